The van der Waals surface area contributed by atoms with Crippen LogP contribution in [0.25, 0.3) is 0 Å². The summed E-state index contributed by atoms with van der Waals surface area (Å²) in [5.74, 6) is 0.932. The van der Waals surface area contributed by atoms with E-state index in [1.165, 1.54) is 18.4 Å². The molecular weight excluding hydrogens is 412 g/mol. The SMILES string of the molecule is CC(=O)N1CCC(N2CC3(CCC(c4ccccc4)(N(C)C)CC3)N(CC3CC3)C2O)CC1. The number of rotatable bonds is 5. The zero-order valence-electron chi connectivity index (χ0n) is 20.7. The Bertz CT molecular complexity index is 824. The van der Waals surface area contributed by atoms with Gasteiger partial charge in [0, 0.05) is 50.2 Å². The maximum Gasteiger partial charge on any atom is 0.219 e. The zero-order chi connectivity index (χ0) is 23.2. The summed E-state index contributed by atoms with van der Waals surface area (Å²) in [4.78, 5) is 21.1. The summed E-state index contributed by atoms with van der Waals surface area (Å²) >= 11 is 0. The van der Waals surface area contributed by atoms with Crippen LogP contribution in [0, 0.1) is 5.92 Å². The normalized spacial score (nSPS) is 34.5. The monoisotopic (exact) mass is 454 g/mol. The van der Waals surface area contributed by atoms with E-state index in [2.05, 4.69) is 59.1 Å². The highest BCUT2D eigenvalue weighted by atomic mass is 16.3. The third kappa shape index (κ3) is 4.24. The van der Waals surface area contributed by atoms with Gasteiger partial charge in [-0.1, -0.05) is 30.3 Å². The third-order valence-electron chi connectivity index (χ3n) is 9.37. The molecule has 6 heteroatoms. The van der Waals surface area contributed by atoms with Crippen LogP contribution in [0.15, 0.2) is 30.3 Å². The second kappa shape index (κ2) is 8.95. The Kier molecular flexibility index (Phi) is 6.32. The molecule has 5 rings (SSSR count). The van der Waals surface area contributed by atoms with E-state index < -0.39 is 6.35 Å². The first-order valence-electron chi connectivity index (χ1n) is 13.0. The summed E-state index contributed by atoms with van der Waals surface area (Å²) in [5.41, 5.74) is 1.56. The van der Waals surface area contributed by atoms with Crippen LogP contribution in [0.2, 0.25) is 0 Å². The maximum atomic E-state index is 11.8. The topological polar surface area (TPSA) is 50.3 Å². The molecule has 1 amide bonds. The number of hydrogen-bond acceptors (Lipinski definition) is 5. The second-order valence-electron chi connectivity index (χ2n) is 11.4. The van der Waals surface area contributed by atoms with Crippen molar-refractivity contribution in [2.75, 3.05) is 40.3 Å². The number of nitrogens with zero attached hydrogens (tertiary/aromatic N) is 4. The van der Waals surface area contributed by atoms with Crippen LogP contribution in [-0.2, 0) is 10.3 Å². The van der Waals surface area contributed by atoms with Crippen LogP contribution in [0.1, 0.15) is 63.9 Å². The van der Waals surface area contributed by atoms with Crippen molar-refractivity contribution in [2.24, 2.45) is 5.92 Å². The Labute approximate surface area is 199 Å². The van der Waals surface area contributed by atoms with Gasteiger partial charge in [-0.3, -0.25) is 19.5 Å². The zero-order valence-corrected chi connectivity index (χ0v) is 20.7. The van der Waals surface area contributed by atoms with E-state index in [9.17, 15) is 9.90 Å². The van der Waals surface area contributed by atoms with Crippen molar-refractivity contribution >= 4 is 5.91 Å². The molecule has 33 heavy (non-hydrogen) atoms. The Morgan fingerprint density at radius 2 is 1.67 bits per heavy atom. The van der Waals surface area contributed by atoms with Crippen molar-refractivity contribution in [3.8, 4) is 0 Å². The fourth-order valence-corrected chi connectivity index (χ4v) is 6.95. The average Bonchev–Trinajstić information content (AvgIpc) is 3.62. The first kappa shape index (κ1) is 23.3. The maximum absolute atomic E-state index is 11.8. The number of benzene rings is 1. The molecule has 0 aromatic heterocycles. The minimum absolute atomic E-state index is 0.0635. The summed E-state index contributed by atoms with van der Waals surface area (Å²) in [7, 11) is 4.46. The van der Waals surface area contributed by atoms with Crippen molar-refractivity contribution in [1.29, 1.82) is 0 Å². The average molecular weight is 455 g/mol. The lowest BCUT2D eigenvalue weighted by Crippen LogP contribution is -2.56. The Morgan fingerprint density at radius 1 is 1.03 bits per heavy atom. The minimum Gasteiger partial charge on any atom is -0.365 e. The number of aliphatic hydroxyl groups is 1. The van der Waals surface area contributed by atoms with E-state index in [1.54, 1.807) is 6.92 Å². The van der Waals surface area contributed by atoms with Gasteiger partial charge in [-0.2, -0.15) is 0 Å². The molecule has 6 nitrogen and oxygen atoms in total. The molecule has 2 aliphatic heterocycles. The van der Waals surface area contributed by atoms with E-state index >= 15 is 0 Å². The quantitative estimate of drug-likeness (QED) is 0.741. The molecule has 2 saturated carbocycles. The lowest BCUT2D eigenvalue weighted by atomic mass is 9.68. The summed E-state index contributed by atoms with van der Waals surface area (Å²) in [6.45, 7) is 5.30. The number of carbonyl (C=O) groups excluding carboxylic acids is 1. The van der Waals surface area contributed by atoms with Gasteiger partial charge < -0.3 is 10.0 Å². The van der Waals surface area contributed by atoms with Crippen LogP contribution in [0.4, 0.5) is 0 Å². The fraction of sp³-hybridized carbons (Fsp3) is 0.741. The van der Waals surface area contributed by atoms with Gasteiger partial charge in [0.05, 0.1) is 0 Å². The summed E-state index contributed by atoms with van der Waals surface area (Å²) in [6.07, 6.45) is 8.54. The molecule has 0 bridgehead atoms. The standard InChI is InChI=1S/C27H42N4O2/c1-21(32)29-17-11-24(12-18-29)30-20-26(31(25(30)33)19-22-9-10-22)13-15-27(16-14-26,28(2)3)23-7-5-4-6-8-23/h4-8,22,24-25,33H,9-20H2,1-3H3. The molecular formula is C27H42N4O2. The number of carbonyl (C=O) groups is 1. The molecule has 1 atom stereocenters. The van der Waals surface area contributed by atoms with E-state index in [0.29, 0.717) is 6.04 Å². The van der Waals surface area contributed by atoms with Gasteiger partial charge in [0.1, 0.15) is 0 Å². The molecule has 1 unspecified atom stereocenters. The number of amides is 1. The highest BCUT2D eigenvalue weighted by Gasteiger charge is 2.56. The van der Waals surface area contributed by atoms with Crippen molar-refractivity contribution in [3.63, 3.8) is 0 Å². The molecule has 1 spiro atoms. The molecule has 4 fully saturated rings. The summed E-state index contributed by atoms with van der Waals surface area (Å²) in [6, 6.07) is 11.4. The predicted octanol–water partition coefficient (Wildman–Crippen LogP) is 3.07. The molecule has 1 aromatic rings. The number of aliphatic hydroxyl groups excluding tert-OH is 1. The van der Waals surface area contributed by atoms with Crippen molar-refractivity contribution in [2.45, 2.75) is 81.8 Å². The van der Waals surface area contributed by atoms with E-state index in [4.69, 9.17) is 0 Å². The number of piperidine rings is 1. The van der Waals surface area contributed by atoms with Gasteiger partial charge in [0.2, 0.25) is 5.91 Å². The van der Waals surface area contributed by atoms with Crippen LogP contribution < -0.4 is 0 Å². The molecule has 2 aliphatic carbocycles. The van der Waals surface area contributed by atoms with Crippen molar-refractivity contribution < 1.29 is 9.90 Å². The van der Waals surface area contributed by atoms with Crippen LogP contribution >= 0.6 is 0 Å². The summed E-state index contributed by atoms with van der Waals surface area (Å²) in [5, 5.41) is 11.6. The first-order chi connectivity index (χ1) is 15.8. The van der Waals surface area contributed by atoms with Crippen molar-refractivity contribution in [1.82, 2.24) is 19.6 Å². The van der Waals surface area contributed by atoms with Gasteiger partial charge in [-0.15, -0.1) is 0 Å². The largest absolute Gasteiger partial charge is 0.365 e. The van der Waals surface area contributed by atoms with E-state index in [1.807, 2.05) is 4.90 Å². The number of hydrogen-bond donors (Lipinski definition) is 1. The van der Waals surface area contributed by atoms with E-state index in [-0.39, 0.29) is 17.0 Å². The Morgan fingerprint density at radius 3 is 2.21 bits per heavy atom. The Balaban J connectivity index is 1.35. The lowest BCUT2D eigenvalue weighted by molar-refractivity contribution is -0.132. The van der Waals surface area contributed by atoms with Crippen molar-refractivity contribution in [3.05, 3.63) is 35.9 Å². The second-order valence-corrected chi connectivity index (χ2v) is 11.4. The van der Waals surface area contributed by atoms with Gasteiger partial charge in [-0.25, -0.2) is 0 Å². The third-order valence-corrected chi connectivity index (χ3v) is 9.37. The molecule has 0 radical (unpaired) electrons. The molecule has 182 valence electrons. The van der Waals surface area contributed by atoms with Crippen LogP contribution in [0.5, 0.6) is 0 Å². The molecule has 2 heterocycles. The number of likely N-dealkylation sites (tertiary alicyclic amines) is 1. The lowest BCUT2D eigenvalue weighted by Gasteiger charge is -2.51. The minimum atomic E-state index is -0.483. The van der Waals surface area contributed by atoms with Crippen LogP contribution in [-0.4, -0.2) is 88.8 Å². The van der Waals surface area contributed by atoms with Gasteiger partial charge in [-0.05, 0) is 76.9 Å². The molecule has 1 aromatic carbocycles. The van der Waals surface area contributed by atoms with Gasteiger partial charge in [0.25, 0.3) is 0 Å². The van der Waals surface area contributed by atoms with Gasteiger partial charge >= 0.3 is 0 Å². The highest BCUT2D eigenvalue weighted by Crippen LogP contribution is 2.51. The molecule has 2 saturated heterocycles. The predicted molar refractivity (Wildman–Crippen MR) is 130 cm³/mol. The Hall–Kier alpha value is -1.47. The summed E-state index contributed by atoms with van der Waals surface area (Å²) < 4.78 is 0. The smallest absolute Gasteiger partial charge is 0.219 e. The highest BCUT2D eigenvalue weighted by molar-refractivity contribution is 5.73. The molecule has 1 N–H and O–H groups in total. The van der Waals surface area contributed by atoms with Gasteiger partial charge in [0.15, 0.2) is 6.35 Å². The first-order valence-corrected chi connectivity index (χ1v) is 13.0. The van der Waals surface area contributed by atoms with Crippen LogP contribution in [0.3, 0.4) is 0 Å². The molecule has 4 aliphatic rings. The van der Waals surface area contributed by atoms with E-state index in [0.717, 1.165) is 70.6 Å². The fourth-order valence-electron chi connectivity index (χ4n) is 6.95.